The lowest BCUT2D eigenvalue weighted by Crippen LogP contribution is -2.44. The third-order valence-corrected chi connectivity index (χ3v) is 1.21. The maximum Gasteiger partial charge on any atom is 0.312 e. The predicted octanol–water partition coefficient (Wildman–Crippen LogP) is -0.441. The Kier molecular flexibility index (Phi) is 2.12. The second-order valence-corrected chi connectivity index (χ2v) is 2.35. The minimum atomic E-state index is -0.130. The fraction of sp³-hybridized carbons (Fsp3) is 0.800. The van der Waals surface area contributed by atoms with Gasteiger partial charge in [0.15, 0.2) is 6.73 Å². The Morgan fingerprint density at radius 1 is 1.62 bits per heavy atom. The van der Waals surface area contributed by atoms with E-state index in [1.54, 1.807) is 14.1 Å². The summed E-state index contributed by atoms with van der Waals surface area (Å²) in [6.45, 7) is 1.32. The number of aliphatic hydroxyl groups excluding tert-OH is 1. The molecule has 0 saturated carbocycles. The number of carbonyl (C=O) groups is 1. The van der Waals surface area contributed by atoms with E-state index in [9.17, 15) is 4.79 Å². The number of amides is 1. The summed E-state index contributed by atoms with van der Waals surface area (Å²) in [6, 6.07) is 0. The van der Waals surface area contributed by atoms with Gasteiger partial charge in [0, 0.05) is 0 Å². The van der Waals surface area contributed by atoms with E-state index in [1.807, 2.05) is 0 Å². The standard InChI is InChI=1S/C5H12NO2/c1-5(8)6(2,3)4-7/h7H,4H2,1-3H3/q+1. The lowest BCUT2D eigenvalue weighted by molar-refractivity contribution is -0.834. The molecule has 3 heteroatoms. The van der Waals surface area contributed by atoms with Gasteiger partial charge in [0.1, 0.15) is 0 Å². The van der Waals surface area contributed by atoms with Crippen LogP contribution in [-0.4, -0.2) is 36.3 Å². The molecule has 0 bridgehead atoms. The van der Waals surface area contributed by atoms with Gasteiger partial charge in [0.25, 0.3) is 0 Å². The van der Waals surface area contributed by atoms with E-state index in [1.165, 1.54) is 6.92 Å². The van der Waals surface area contributed by atoms with Crippen LogP contribution in [0.3, 0.4) is 0 Å². The molecule has 0 aliphatic carbocycles. The first-order valence-electron chi connectivity index (χ1n) is 2.45. The maximum absolute atomic E-state index is 10.5. The molecule has 0 rings (SSSR count). The van der Waals surface area contributed by atoms with Gasteiger partial charge in [-0.3, -0.25) is 0 Å². The third kappa shape index (κ3) is 1.60. The molecule has 0 saturated heterocycles. The van der Waals surface area contributed by atoms with Crippen LogP contribution in [0.5, 0.6) is 0 Å². The minimum absolute atomic E-state index is 0.0347. The number of rotatable bonds is 1. The Labute approximate surface area is 49.1 Å². The average Bonchev–Trinajstić information content (AvgIpc) is 1.67. The first kappa shape index (κ1) is 7.59. The van der Waals surface area contributed by atoms with E-state index in [2.05, 4.69) is 0 Å². The third-order valence-electron chi connectivity index (χ3n) is 1.21. The molecule has 0 fully saturated rings. The number of nitrogens with zero attached hydrogens (tertiary/aromatic N) is 1. The monoisotopic (exact) mass is 118 g/mol. The molecule has 0 unspecified atom stereocenters. The van der Waals surface area contributed by atoms with E-state index in [4.69, 9.17) is 5.11 Å². The fourth-order valence-corrected chi connectivity index (χ4v) is 0.0996. The summed E-state index contributed by atoms with van der Waals surface area (Å²) >= 11 is 0. The van der Waals surface area contributed by atoms with E-state index in [-0.39, 0.29) is 17.1 Å². The summed E-state index contributed by atoms with van der Waals surface area (Å²) in [5.74, 6) is -0.0347. The van der Waals surface area contributed by atoms with Crippen molar-refractivity contribution in [2.24, 2.45) is 0 Å². The summed E-state index contributed by atoms with van der Waals surface area (Å²) in [5, 5.41) is 8.52. The molecule has 48 valence electrons. The topological polar surface area (TPSA) is 37.3 Å². The van der Waals surface area contributed by atoms with Crippen LogP contribution < -0.4 is 0 Å². The smallest absolute Gasteiger partial charge is 0.312 e. The zero-order valence-corrected chi connectivity index (χ0v) is 5.51. The van der Waals surface area contributed by atoms with Gasteiger partial charge in [-0.1, -0.05) is 0 Å². The van der Waals surface area contributed by atoms with E-state index in [0.717, 1.165) is 0 Å². The highest BCUT2D eigenvalue weighted by molar-refractivity contribution is 5.65. The molecule has 3 nitrogen and oxygen atoms in total. The molecule has 0 aliphatic heterocycles. The number of carbonyl (C=O) groups excluding carboxylic acids is 1. The van der Waals surface area contributed by atoms with Gasteiger partial charge in [-0.05, 0) is 0 Å². The van der Waals surface area contributed by atoms with E-state index < -0.39 is 0 Å². The van der Waals surface area contributed by atoms with Crippen molar-refractivity contribution in [2.75, 3.05) is 20.8 Å². The Bertz CT molecular complexity index is 98.6. The lowest BCUT2D eigenvalue weighted by Gasteiger charge is -2.21. The Morgan fingerprint density at radius 2 is 2.00 bits per heavy atom. The lowest BCUT2D eigenvalue weighted by atomic mass is 10.5. The van der Waals surface area contributed by atoms with E-state index in [0.29, 0.717) is 0 Å². The Balaban J connectivity index is 3.91. The molecule has 0 heterocycles. The summed E-state index contributed by atoms with van der Waals surface area (Å²) < 4.78 is 0.0417. The summed E-state index contributed by atoms with van der Waals surface area (Å²) in [6.07, 6.45) is 0. The SMILES string of the molecule is CC(=O)[N+](C)(C)CO. The highest BCUT2D eigenvalue weighted by Crippen LogP contribution is 1.92. The van der Waals surface area contributed by atoms with Crippen molar-refractivity contribution >= 4 is 5.91 Å². The predicted molar refractivity (Wildman–Crippen MR) is 29.9 cm³/mol. The first-order chi connectivity index (χ1) is 3.50. The number of hydrogen-bond donors (Lipinski definition) is 1. The number of quaternary nitrogens is 1. The van der Waals surface area contributed by atoms with Gasteiger partial charge in [0.2, 0.25) is 0 Å². The van der Waals surface area contributed by atoms with Crippen LogP contribution in [0.4, 0.5) is 0 Å². The van der Waals surface area contributed by atoms with Crippen LogP contribution in [-0.2, 0) is 4.79 Å². The molecule has 1 N–H and O–H groups in total. The molecule has 0 aromatic rings. The molecule has 0 aromatic carbocycles. The van der Waals surface area contributed by atoms with Gasteiger partial charge in [-0.15, -0.1) is 0 Å². The van der Waals surface area contributed by atoms with Crippen molar-refractivity contribution < 1.29 is 14.4 Å². The second kappa shape index (κ2) is 2.24. The second-order valence-electron chi connectivity index (χ2n) is 2.35. The average molecular weight is 118 g/mol. The molecular weight excluding hydrogens is 106 g/mol. The van der Waals surface area contributed by atoms with E-state index >= 15 is 0 Å². The summed E-state index contributed by atoms with van der Waals surface area (Å²) in [5.41, 5.74) is 0. The van der Waals surface area contributed by atoms with Crippen molar-refractivity contribution in [1.82, 2.24) is 0 Å². The van der Waals surface area contributed by atoms with Crippen molar-refractivity contribution in [3.8, 4) is 0 Å². The van der Waals surface area contributed by atoms with Gasteiger partial charge in [-0.2, -0.15) is 0 Å². The van der Waals surface area contributed by atoms with Gasteiger partial charge in [0.05, 0.1) is 21.0 Å². The molecular formula is C5H12NO2+. The Morgan fingerprint density at radius 3 is 2.00 bits per heavy atom. The summed E-state index contributed by atoms with van der Waals surface area (Å²) in [7, 11) is 3.31. The quantitative estimate of drug-likeness (QED) is 0.374. The highest BCUT2D eigenvalue weighted by atomic mass is 16.3. The van der Waals surface area contributed by atoms with Gasteiger partial charge < -0.3 is 5.11 Å². The zero-order valence-electron chi connectivity index (χ0n) is 5.51. The van der Waals surface area contributed by atoms with Crippen molar-refractivity contribution in [3.05, 3.63) is 0 Å². The first-order valence-corrected chi connectivity index (χ1v) is 2.45. The van der Waals surface area contributed by atoms with Crippen molar-refractivity contribution in [3.63, 3.8) is 0 Å². The van der Waals surface area contributed by atoms with Crippen LogP contribution in [0.2, 0.25) is 0 Å². The van der Waals surface area contributed by atoms with Crippen LogP contribution in [0, 0.1) is 0 Å². The minimum Gasteiger partial charge on any atom is -0.347 e. The number of hydrogen-bond acceptors (Lipinski definition) is 2. The fourth-order valence-electron chi connectivity index (χ4n) is 0.0996. The van der Waals surface area contributed by atoms with Gasteiger partial charge >= 0.3 is 5.91 Å². The molecule has 0 atom stereocenters. The Hall–Kier alpha value is -0.410. The van der Waals surface area contributed by atoms with Gasteiger partial charge in [-0.25, -0.2) is 9.28 Å². The van der Waals surface area contributed by atoms with Crippen LogP contribution in [0.15, 0.2) is 0 Å². The molecule has 8 heavy (non-hydrogen) atoms. The number of aliphatic hydroxyl groups is 1. The zero-order chi connectivity index (χ0) is 6.78. The molecule has 1 amide bonds. The van der Waals surface area contributed by atoms with Crippen LogP contribution in [0.25, 0.3) is 0 Å². The molecule has 0 spiro atoms. The molecule has 0 aliphatic rings. The normalized spacial score (nSPS) is 11.5. The van der Waals surface area contributed by atoms with Crippen LogP contribution >= 0.6 is 0 Å². The summed E-state index contributed by atoms with van der Waals surface area (Å²) in [4.78, 5) is 10.5. The van der Waals surface area contributed by atoms with Crippen molar-refractivity contribution in [2.45, 2.75) is 6.92 Å². The maximum atomic E-state index is 10.5. The van der Waals surface area contributed by atoms with Crippen molar-refractivity contribution in [1.29, 1.82) is 0 Å². The highest BCUT2D eigenvalue weighted by Gasteiger charge is 2.18. The molecule has 0 radical (unpaired) electrons. The largest absolute Gasteiger partial charge is 0.347 e. The van der Waals surface area contributed by atoms with Crippen LogP contribution in [0.1, 0.15) is 6.92 Å². The molecule has 0 aromatic heterocycles.